The number of halogens is 2. The quantitative estimate of drug-likeness (QED) is 0.823. The van der Waals surface area contributed by atoms with Gasteiger partial charge in [0.05, 0.1) is 11.3 Å². The van der Waals surface area contributed by atoms with Crippen molar-refractivity contribution in [2.75, 3.05) is 6.54 Å². The van der Waals surface area contributed by atoms with Gasteiger partial charge in [-0.3, -0.25) is 0 Å². The second-order valence-corrected chi connectivity index (χ2v) is 5.72. The van der Waals surface area contributed by atoms with E-state index in [0.717, 1.165) is 18.7 Å². The molecular formula is C16H19ClFNO2. The van der Waals surface area contributed by atoms with E-state index in [0.29, 0.717) is 17.4 Å². The Balaban J connectivity index is 1.85. The van der Waals surface area contributed by atoms with Crippen molar-refractivity contribution in [1.82, 2.24) is 5.32 Å². The lowest BCUT2D eigenvalue weighted by Gasteiger charge is -2.06. The molecule has 1 aromatic heterocycles. The highest BCUT2D eigenvalue weighted by Crippen LogP contribution is 2.25. The summed E-state index contributed by atoms with van der Waals surface area (Å²) in [7, 11) is 0. The molecule has 0 radical (unpaired) electrons. The van der Waals surface area contributed by atoms with Crippen LogP contribution in [0, 0.1) is 11.7 Å². The second kappa shape index (κ2) is 7.48. The summed E-state index contributed by atoms with van der Waals surface area (Å²) in [6.45, 7) is 6.30. The summed E-state index contributed by atoms with van der Waals surface area (Å²) in [5.41, 5.74) is 1.07. The highest BCUT2D eigenvalue weighted by atomic mass is 35.5. The molecule has 0 spiro atoms. The zero-order valence-corrected chi connectivity index (χ0v) is 12.9. The maximum Gasteiger partial charge on any atom is 0.146 e. The smallest absolute Gasteiger partial charge is 0.146 e. The van der Waals surface area contributed by atoms with Crippen LogP contribution in [-0.4, -0.2) is 6.54 Å². The van der Waals surface area contributed by atoms with Gasteiger partial charge in [-0.2, -0.15) is 0 Å². The van der Waals surface area contributed by atoms with E-state index in [9.17, 15) is 4.39 Å². The zero-order valence-electron chi connectivity index (χ0n) is 12.2. The summed E-state index contributed by atoms with van der Waals surface area (Å²) in [6.07, 6.45) is 1.71. The summed E-state index contributed by atoms with van der Waals surface area (Å²) < 4.78 is 23.9. The summed E-state index contributed by atoms with van der Waals surface area (Å²) in [6, 6.07) is 5.97. The molecule has 1 aromatic carbocycles. The molecule has 5 heteroatoms. The van der Waals surface area contributed by atoms with Gasteiger partial charge in [0, 0.05) is 12.1 Å². The van der Waals surface area contributed by atoms with Crippen molar-refractivity contribution in [3.63, 3.8) is 0 Å². The summed E-state index contributed by atoms with van der Waals surface area (Å²) in [5, 5.41) is 3.59. The molecule has 0 saturated heterocycles. The van der Waals surface area contributed by atoms with Crippen molar-refractivity contribution in [2.45, 2.75) is 27.0 Å². The first-order valence-corrected chi connectivity index (χ1v) is 7.27. The van der Waals surface area contributed by atoms with Crippen LogP contribution in [0.1, 0.15) is 25.2 Å². The maximum absolute atomic E-state index is 12.9. The van der Waals surface area contributed by atoms with Crippen LogP contribution < -0.4 is 10.1 Å². The number of rotatable bonds is 7. The largest absolute Gasteiger partial charge is 0.484 e. The summed E-state index contributed by atoms with van der Waals surface area (Å²) >= 11 is 5.89. The molecule has 0 saturated carbocycles. The van der Waals surface area contributed by atoms with Gasteiger partial charge in [0.2, 0.25) is 0 Å². The van der Waals surface area contributed by atoms with E-state index in [1.807, 2.05) is 6.07 Å². The Bertz CT molecular complexity index is 583. The van der Waals surface area contributed by atoms with Crippen molar-refractivity contribution in [1.29, 1.82) is 0 Å². The minimum absolute atomic E-state index is 0.250. The third-order valence-electron chi connectivity index (χ3n) is 2.85. The molecular weight excluding hydrogens is 293 g/mol. The van der Waals surface area contributed by atoms with Crippen LogP contribution >= 0.6 is 11.6 Å². The van der Waals surface area contributed by atoms with E-state index in [2.05, 4.69) is 19.2 Å². The molecule has 0 bridgehead atoms. The highest BCUT2D eigenvalue weighted by molar-refractivity contribution is 6.32. The fraction of sp³-hybridized carbons (Fsp3) is 0.375. The van der Waals surface area contributed by atoms with Crippen LogP contribution in [0.25, 0.3) is 0 Å². The Morgan fingerprint density at radius 1 is 1.33 bits per heavy atom. The zero-order chi connectivity index (χ0) is 15.2. The lowest BCUT2D eigenvalue weighted by Crippen LogP contribution is -2.18. The molecule has 1 N–H and O–H groups in total. The standard InChI is InChI=1S/C16H19ClFNO2/c1-11(2)7-19-8-12-5-14(20-9-12)10-21-16-4-3-13(18)6-15(16)17/h3-6,9,11,19H,7-8,10H2,1-2H3. The average Bonchev–Trinajstić information content (AvgIpc) is 2.85. The van der Waals surface area contributed by atoms with Crippen LogP contribution in [0.4, 0.5) is 4.39 Å². The van der Waals surface area contributed by atoms with Gasteiger partial charge in [0.15, 0.2) is 0 Å². The topological polar surface area (TPSA) is 34.4 Å². The van der Waals surface area contributed by atoms with E-state index in [1.165, 1.54) is 18.2 Å². The summed E-state index contributed by atoms with van der Waals surface area (Å²) in [4.78, 5) is 0. The molecule has 114 valence electrons. The Labute approximate surface area is 129 Å². The van der Waals surface area contributed by atoms with Gasteiger partial charge < -0.3 is 14.5 Å². The average molecular weight is 312 g/mol. The van der Waals surface area contributed by atoms with Gasteiger partial charge in [-0.05, 0) is 36.7 Å². The number of hydrogen-bond donors (Lipinski definition) is 1. The van der Waals surface area contributed by atoms with E-state index < -0.39 is 0 Å². The number of nitrogens with one attached hydrogen (secondary N) is 1. The van der Waals surface area contributed by atoms with Crippen LogP contribution in [0.2, 0.25) is 5.02 Å². The molecule has 1 heterocycles. The third kappa shape index (κ3) is 5.06. The minimum atomic E-state index is -0.385. The summed E-state index contributed by atoms with van der Waals surface area (Å²) in [5.74, 6) is 1.37. The highest BCUT2D eigenvalue weighted by Gasteiger charge is 2.06. The molecule has 0 aliphatic carbocycles. The second-order valence-electron chi connectivity index (χ2n) is 5.31. The van der Waals surface area contributed by atoms with Gasteiger partial charge in [-0.25, -0.2) is 4.39 Å². The molecule has 21 heavy (non-hydrogen) atoms. The Hall–Kier alpha value is -1.52. The first-order valence-electron chi connectivity index (χ1n) is 6.89. The van der Waals surface area contributed by atoms with Gasteiger partial charge in [-0.15, -0.1) is 0 Å². The fourth-order valence-corrected chi connectivity index (χ4v) is 2.06. The molecule has 0 amide bonds. The molecule has 3 nitrogen and oxygen atoms in total. The molecule has 0 aliphatic rings. The number of ether oxygens (including phenoxy) is 1. The van der Waals surface area contributed by atoms with Crippen LogP contribution in [0.5, 0.6) is 5.75 Å². The van der Waals surface area contributed by atoms with Crippen molar-refractivity contribution < 1.29 is 13.5 Å². The van der Waals surface area contributed by atoms with E-state index in [-0.39, 0.29) is 17.4 Å². The lowest BCUT2D eigenvalue weighted by atomic mass is 10.2. The molecule has 0 aliphatic heterocycles. The maximum atomic E-state index is 12.9. The third-order valence-corrected chi connectivity index (χ3v) is 3.15. The molecule has 2 rings (SSSR count). The first kappa shape index (κ1) is 15.9. The van der Waals surface area contributed by atoms with Crippen LogP contribution in [-0.2, 0) is 13.2 Å². The van der Waals surface area contributed by atoms with E-state index in [4.69, 9.17) is 20.8 Å². The Kier molecular flexibility index (Phi) is 5.65. The van der Waals surface area contributed by atoms with Crippen molar-refractivity contribution in [2.24, 2.45) is 5.92 Å². The minimum Gasteiger partial charge on any atom is -0.484 e. The van der Waals surface area contributed by atoms with Crippen LogP contribution in [0.15, 0.2) is 34.9 Å². The predicted molar refractivity (Wildman–Crippen MR) is 81.0 cm³/mol. The van der Waals surface area contributed by atoms with Gasteiger partial charge in [-0.1, -0.05) is 25.4 Å². The molecule has 0 unspecified atom stereocenters. The van der Waals surface area contributed by atoms with E-state index >= 15 is 0 Å². The monoisotopic (exact) mass is 311 g/mol. The van der Waals surface area contributed by atoms with E-state index in [1.54, 1.807) is 6.26 Å². The fourth-order valence-electron chi connectivity index (χ4n) is 1.84. The number of hydrogen-bond acceptors (Lipinski definition) is 3. The van der Waals surface area contributed by atoms with Crippen LogP contribution in [0.3, 0.4) is 0 Å². The van der Waals surface area contributed by atoms with Gasteiger partial charge in [0.1, 0.15) is 23.9 Å². The molecule has 2 aromatic rings. The molecule has 0 fully saturated rings. The van der Waals surface area contributed by atoms with Crippen molar-refractivity contribution in [3.8, 4) is 5.75 Å². The Morgan fingerprint density at radius 2 is 2.14 bits per heavy atom. The SMILES string of the molecule is CC(C)CNCc1coc(COc2ccc(F)cc2Cl)c1. The normalized spacial score (nSPS) is 11.1. The van der Waals surface area contributed by atoms with Crippen molar-refractivity contribution >= 4 is 11.6 Å². The lowest BCUT2D eigenvalue weighted by molar-refractivity contribution is 0.270. The van der Waals surface area contributed by atoms with Gasteiger partial charge in [0.25, 0.3) is 0 Å². The Morgan fingerprint density at radius 3 is 2.86 bits per heavy atom. The van der Waals surface area contributed by atoms with Gasteiger partial charge >= 0.3 is 0 Å². The molecule has 0 atom stereocenters. The predicted octanol–water partition coefficient (Wildman–Crippen LogP) is 4.40. The van der Waals surface area contributed by atoms with Crippen molar-refractivity contribution in [3.05, 3.63) is 52.7 Å². The number of benzene rings is 1. The first-order chi connectivity index (χ1) is 10.0. The number of furan rings is 1.